The van der Waals surface area contributed by atoms with Crippen molar-refractivity contribution < 1.29 is 5.11 Å². The number of aromatic hydroxyl groups is 1. The van der Waals surface area contributed by atoms with Crippen LogP contribution in [0.1, 0.15) is 17.0 Å². The zero-order valence-corrected chi connectivity index (χ0v) is 12.9. The minimum Gasteiger partial charge on any atom is -0.508 e. The maximum absolute atomic E-state index is 9.89. The summed E-state index contributed by atoms with van der Waals surface area (Å²) in [5.41, 5.74) is 2.13. The van der Waals surface area contributed by atoms with Crippen LogP contribution < -0.4 is 0 Å². The molecule has 3 rings (SSSR count). The van der Waals surface area contributed by atoms with Gasteiger partial charge in [0.2, 0.25) is 0 Å². The minimum atomic E-state index is 0.319. The summed E-state index contributed by atoms with van der Waals surface area (Å²) >= 11 is 5.90. The summed E-state index contributed by atoms with van der Waals surface area (Å²) in [6.07, 6.45) is 5.51. The predicted molar refractivity (Wildman–Crippen MR) is 88.3 cm³/mol. The van der Waals surface area contributed by atoms with E-state index in [1.807, 2.05) is 48.7 Å². The van der Waals surface area contributed by atoms with Crippen molar-refractivity contribution in [2.24, 2.45) is 0 Å². The molecular formula is C18H17ClN2O. The van der Waals surface area contributed by atoms with E-state index in [2.05, 4.69) is 9.55 Å². The molecule has 0 amide bonds. The van der Waals surface area contributed by atoms with Gasteiger partial charge in [0.1, 0.15) is 11.6 Å². The van der Waals surface area contributed by atoms with Gasteiger partial charge in [-0.15, -0.1) is 0 Å². The smallest absolute Gasteiger partial charge is 0.120 e. The van der Waals surface area contributed by atoms with Crippen LogP contribution >= 0.6 is 11.6 Å². The Balaban J connectivity index is 1.70. The van der Waals surface area contributed by atoms with Crippen LogP contribution in [-0.4, -0.2) is 14.7 Å². The van der Waals surface area contributed by atoms with Gasteiger partial charge in [-0.3, -0.25) is 0 Å². The SMILES string of the molecule is Oc1ccccc1Cn1ccnc1CCc1ccc(Cl)cc1. The number of hydrogen-bond acceptors (Lipinski definition) is 2. The second kappa shape index (κ2) is 6.67. The van der Waals surface area contributed by atoms with Crippen molar-refractivity contribution in [2.75, 3.05) is 0 Å². The van der Waals surface area contributed by atoms with Gasteiger partial charge >= 0.3 is 0 Å². The Morgan fingerprint density at radius 1 is 1.00 bits per heavy atom. The number of phenols is 1. The number of nitrogens with zero attached hydrogens (tertiary/aromatic N) is 2. The van der Waals surface area contributed by atoms with Crippen LogP contribution in [0.15, 0.2) is 60.9 Å². The van der Waals surface area contributed by atoms with Crippen LogP contribution in [0.4, 0.5) is 0 Å². The van der Waals surface area contributed by atoms with E-state index in [1.165, 1.54) is 5.56 Å². The van der Waals surface area contributed by atoms with Gasteiger partial charge in [-0.05, 0) is 30.2 Å². The van der Waals surface area contributed by atoms with E-state index in [-0.39, 0.29) is 0 Å². The van der Waals surface area contributed by atoms with Crippen LogP contribution in [0.5, 0.6) is 5.75 Å². The average Bonchev–Trinajstić information content (AvgIpc) is 2.96. The van der Waals surface area contributed by atoms with E-state index in [0.29, 0.717) is 12.3 Å². The van der Waals surface area contributed by atoms with Crippen molar-refractivity contribution in [1.82, 2.24) is 9.55 Å². The monoisotopic (exact) mass is 312 g/mol. The molecule has 2 aromatic carbocycles. The summed E-state index contributed by atoms with van der Waals surface area (Å²) in [4.78, 5) is 4.43. The molecule has 0 unspecified atom stereocenters. The van der Waals surface area contributed by atoms with Gasteiger partial charge in [-0.25, -0.2) is 4.98 Å². The molecule has 0 radical (unpaired) electrons. The molecule has 4 heteroatoms. The van der Waals surface area contributed by atoms with E-state index in [1.54, 1.807) is 12.3 Å². The topological polar surface area (TPSA) is 38.0 Å². The van der Waals surface area contributed by atoms with Crippen molar-refractivity contribution in [3.63, 3.8) is 0 Å². The zero-order valence-electron chi connectivity index (χ0n) is 12.1. The second-order valence-corrected chi connectivity index (χ2v) is 5.66. The van der Waals surface area contributed by atoms with Gasteiger partial charge in [0.15, 0.2) is 0 Å². The van der Waals surface area contributed by atoms with Gasteiger partial charge in [0.25, 0.3) is 0 Å². The Labute approximate surface area is 134 Å². The fourth-order valence-corrected chi connectivity index (χ4v) is 2.57. The van der Waals surface area contributed by atoms with Gasteiger partial charge in [0.05, 0.1) is 6.54 Å². The first kappa shape index (κ1) is 14.7. The largest absolute Gasteiger partial charge is 0.508 e. The Morgan fingerprint density at radius 3 is 2.55 bits per heavy atom. The Bertz CT molecular complexity index is 750. The number of para-hydroxylation sites is 1. The van der Waals surface area contributed by atoms with E-state index in [4.69, 9.17) is 11.6 Å². The van der Waals surface area contributed by atoms with E-state index >= 15 is 0 Å². The van der Waals surface area contributed by atoms with Gasteiger partial charge in [-0.1, -0.05) is 41.9 Å². The molecule has 0 aliphatic heterocycles. The van der Waals surface area contributed by atoms with Crippen LogP contribution in [0.25, 0.3) is 0 Å². The molecule has 112 valence electrons. The molecule has 0 fully saturated rings. The summed E-state index contributed by atoms with van der Waals surface area (Å²) in [7, 11) is 0. The maximum Gasteiger partial charge on any atom is 0.120 e. The second-order valence-electron chi connectivity index (χ2n) is 5.23. The summed E-state index contributed by atoms with van der Waals surface area (Å²) in [6, 6.07) is 15.3. The third kappa shape index (κ3) is 3.49. The lowest BCUT2D eigenvalue weighted by Gasteiger charge is -2.09. The van der Waals surface area contributed by atoms with Crippen LogP contribution in [0.2, 0.25) is 5.02 Å². The molecule has 0 aliphatic rings. The number of benzene rings is 2. The van der Waals surface area contributed by atoms with Gasteiger partial charge in [-0.2, -0.15) is 0 Å². The number of imidazole rings is 1. The summed E-state index contributed by atoms with van der Waals surface area (Å²) in [6.45, 7) is 0.628. The fourth-order valence-electron chi connectivity index (χ4n) is 2.45. The number of hydrogen-bond donors (Lipinski definition) is 1. The molecule has 22 heavy (non-hydrogen) atoms. The standard InChI is InChI=1S/C18H17ClN2O/c19-16-8-5-14(6-9-16)7-10-18-20-11-12-21(18)13-15-3-1-2-4-17(15)22/h1-6,8-9,11-12,22H,7,10,13H2. The molecule has 3 nitrogen and oxygen atoms in total. The van der Waals surface area contributed by atoms with E-state index in [9.17, 15) is 5.11 Å². The fraction of sp³-hybridized carbons (Fsp3) is 0.167. The molecule has 0 bridgehead atoms. The summed E-state index contributed by atoms with van der Waals surface area (Å²) in [5.74, 6) is 1.33. The molecule has 0 aliphatic carbocycles. The summed E-state index contributed by atoms with van der Waals surface area (Å²) < 4.78 is 2.07. The van der Waals surface area contributed by atoms with E-state index in [0.717, 1.165) is 29.3 Å². The Kier molecular flexibility index (Phi) is 4.45. The first-order chi connectivity index (χ1) is 10.7. The molecule has 1 N–H and O–H groups in total. The van der Waals surface area contributed by atoms with Crippen molar-refractivity contribution >= 4 is 11.6 Å². The third-order valence-electron chi connectivity index (χ3n) is 3.68. The Hall–Kier alpha value is -2.26. The molecule has 0 saturated heterocycles. The number of halogens is 1. The highest BCUT2D eigenvalue weighted by Crippen LogP contribution is 2.18. The predicted octanol–water partition coefficient (Wildman–Crippen LogP) is 4.08. The lowest BCUT2D eigenvalue weighted by atomic mass is 10.1. The van der Waals surface area contributed by atoms with Crippen LogP contribution in [0, 0.1) is 0 Å². The van der Waals surface area contributed by atoms with Crippen LogP contribution in [0.3, 0.4) is 0 Å². The molecule has 0 spiro atoms. The molecule has 0 atom stereocenters. The van der Waals surface area contributed by atoms with Gasteiger partial charge in [0, 0.05) is 29.4 Å². The highest BCUT2D eigenvalue weighted by atomic mass is 35.5. The minimum absolute atomic E-state index is 0.319. The molecule has 1 heterocycles. The lowest BCUT2D eigenvalue weighted by Crippen LogP contribution is -2.06. The van der Waals surface area contributed by atoms with Crippen molar-refractivity contribution in [3.8, 4) is 5.75 Å². The third-order valence-corrected chi connectivity index (χ3v) is 3.94. The van der Waals surface area contributed by atoms with Crippen molar-refractivity contribution in [3.05, 3.63) is 82.9 Å². The molecular weight excluding hydrogens is 296 g/mol. The normalized spacial score (nSPS) is 10.8. The number of aromatic nitrogens is 2. The molecule has 3 aromatic rings. The maximum atomic E-state index is 9.89. The van der Waals surface area contributed by atoms with Gasteiger partial charge < -0.3 is 9.67 Å². The zero-order chi connectivity index (χ0) is 15.4. The lowest BCUT2D eigenvalue weighted by molar-refractivity contribution is 0.465. The highest BCUT2D eigenvalue weighted by Gasteiger charge is 2.06. The highest BCUT2D eigenvalue weighted by molar-refractivity contribution is 6.30. The Morgan fingerprint density at radius 2 is 1.77 bits per heavy atom. The van der Waals surface area contributed by atoms with Crippen molar-refractivity contribution in [1.29, 1.82) is 0 Å². The molecule has 1 aromatic heterocycles. The van der Waals surface area contributed by atoms with Crippen LogP contribution in [-0.2, 0) is 19.4 Å². The number of rotatable bonds is 5. The first-order valence-corrected chi connectivity index (χ1v) is 7.61. The number of phenolic OH excluding ortho intramolecular Hbond substituents is 1. The number of aryl methyl sites for hydroxylation is 2. The molecule has 0 saturated carbocycles. The quantitative estimate of drug-likeness (QED) is 0.771. The first-order valence-electron chi connectivity index (χ1n) is 7.24. The van der Waals surface area contributed by atoms with Crippen molar-refractivity contribution in [2.45, 2.75) is 19.4 Å². The van der Waals surface area contributed by atoms with E-state index < -0.39 is 0 Å². The average molecular weight is 313 g/mol. The summed E-state index contributed by atoms with van der Waals surface area (Å²) in [5, 5.41) is 10.6.